The van der Waals surface area contributed by atoms with E-state index in [0.717, 1.165) is 27.6 Å². The van der Waals surface area contributed by atoms with Crippen LogP contribution in [0.1, 0.15) is 53.1 Å². The molecule has 2 N–H and O–H groups in total. The van der Waals surface area contributed by atoms with E-state index in [0.29, 0.717) is 22.9 Å². The van der Waals surface area contributed by atoms with Crippen molar-refractivity contribution in [1.29, 1.82) is 0 Å². The second-order valence-electron chi connectivity index (χ2n) is 13.8. The molecule has 2 aliphatic rings. The van der Waals surface area contributed by atoms with Crippen molar-refractivity contribution in [3.05, 3.63) is 109 Å². The van der Waals surface area contributed by atoms with Gasteiger partial charge in [-0.3, -0.25) is 28.2 Å². The first-order chi connectivity index (χ1) is 26.7. The van der Waals surface area contributed by atoms with E-state index in [1.807, 2.05) is 0 Å². The lowest BCUT2D eigenvalue weighted by molar-refractivity contribution is -0.123. The summed E-state index contributed by atoms with van der Waals surface area (Å²) in [6.45, 7) is -1.09. The highest BCUT2D eigenvalue weighted by Crippen LogP contribution is 2.68. The van der Waals surface area contributed by atoms with Gasteiger partial charge >= 0.3 is 0 Å². The van der Waals surface area contributed by atoms with Gasteiger partial charge in [-0.1, -0.05) is 11.6 Å². The maximum Gasteiger partial charge on any atom is 0.293 e. The topological polar surface area (TPSA) is 146 Å². The predicted molar refractivity (Wildman–Crippen MR) is 188 cm³/mol. The van der Waals surface area contributed by atoms with Crippen LogP contribution in [0.2, 0.25) is 5.02 Å². The Kier molecular flexibility index (Phi) is 8.91. The van der Waals surface area contributed by atoms with Crippen LogP contribution in [0.3, 0.4) is 0 Å². The Morgan fingerprint density at radius 3 is 2.37 bits per heavy atom. The lowest BCUT2D eigenvalue weighted by Crippen LogP contribution is -2.38. The van der Waals surface area contributed by atoms with Crippen LogP contribution in [-0.4, -0.2) is 49.7 Å². The molecular formula is C35H25ClF8N8O4S. The zero-order chi connectivity index (χ0) is 41.0. The molecule has 1 amide bonds. The molecule has 22 heteroatoms. The van der Waals surface area contributed by atoms with Gasteiger partial charge in [0.2, 0.25) is 15.9 Å². The Bertz CT molecular complexity index is 2860. The number of fused-ring (bicyclic) bond motifs is 5. The molecule has 0 spiro atoms. The summed E-state index contributed by atoms with van der Waals surface area (Å²) < 4.78 is 148. The minimum absolute atomic E-state index is 0.0490. The van der Waals surface area contributed by atoms with Crippen LogP contribution in [0.15, 0.2) is 47.3 Å². The van der Waals surface area contributed by atoms with Crippen molar-refractivity contribution in [2.24, 2.45) is 13.0 Å². The van der Waals surface area contributed by atoms with Crippen LogP contribution in [0, 0.1) is 29.2 Å². The van der Waals surface area contributed by atoms with E-state index in [2.05, 4.69) is 25.2 Å². The lowest BCUT2D eigenvalue weighted by Gasteiger charge is -2.24. The normalized spacial score (nSPS) is 17.6. The molecule has 298 valence electrons. The van der Waals surface area contributed by atoms with Crippen molar-refractivity contribution in [2.75, 3.05) is 11.0 Å². The Labute approximate surface area is 320 Å². The Morgan fingerprint density at radius 1 is 1.02 bits per heavy atom. The van der Waals surface area contributed by atoms with Crippen LogP contribution in [-0.2, 0) is 40.8 Å². The summed E-state index contributed by atoms with van der Waals surface area (Å²) in [5.74, 6) is -12.4. The third-order valence-electron chi connectivity index (χ3n) is 9.86. The quantitative estimate of drug-likeness (QED) is 0.154. The Morgan fingerprint density at radius 2 is 1.70 bits per heavy atom. The summed E-state index contributed by atoms with van der Waals surface area (Å²) in [7, 11) is -2.64. The average Bonchev–Trinajstić information content (AvgIpc) is 3.64. The molecule has 3 atom stereocenters. The molecule has 1 saturated carbocycles. The van der Waals surface area contributed by atoms with Crippen LogP contribution in [0.25, 0.3) is 27.5 Å². The van der Waals surface area contributed by atoms with E-state index in [-0.39, 0.29) is 45.0 Å². The van der Waals surface area contributed by atoms with Crippen LogP contribution in [0.5, 0.6) is 0 Å². The number of rotatable bonds is 10. The molecule has 0 saturated heterocycles. The molecule has 3 heterocycles. The number of aryl methyl sites for hydroxylation is 1. The van der Waals surface area contributed by atoms with Gasteiger partial charge in [0.15, 0.2) is 5.82 Å². The number of carbonyl (C=O) groups is 1. The number of sulfonamides is 1. The Balaban J connectivity index is 1.34. The summed E-state index contributed by atoms with van der Waals surface area (Å²) in [5.41, 5.74) is -4.75. The van der Waals surface area contributed by atoms with Crippen LogP contribution in [0.4, 0.5) is 40.9 Å². The number of hydrogen-bond donors (Lipinski definition) is 2. The number of halogens is 9. The monoisotopic (exact) mass is 840 g/mol. The molecule has 1 fully saturated rings. The van der Waals surface area contributed by atoms with Crippen molar-refractivity contribution in [1.82, 2.24) is 34.4 Å². The first-order valence-electron chi connectivity index (χ1n) is 16.8. The van der Waals surface area contributed by atoms with Crippen molar-refractivity contribution >= 4 is 55.2 Å². The van der Waals surface area contributed by atoms with Crippen molar-refractivity contribution in [2.45, 2.75) is 43.7 Å². The highest BCUT2D eigenvalue weighted by molar-refractivity contribution is 7.92. The fourth-order valence-electron chi connectivity index (χ4n) is 7.61. The summed E-state index contributed by atoms with van der Waals surface area (Å²) in [5, 5.41) is 9.20. The van der Waals surface area contributed by atoms with E-state index >= 15 is 17.6 Å². The minimum Gasteiger partial charge on any atom is -0.344 e. The zero-order valence-electron chi connectivity index (χ0n) is 29.1. The molecule has 2 aliphatic carbocycles. The number of aromatic nitrogens is 6. The van der Waals surface area contributed by atoms with E-state index < -0.39 is 116 Å². The summed E-state index contributed by atoms with van der Waals surface area (Å²) in [6.07, 6.45) is -3.11. The third-order valence-corrected chi connectivity index (χ3v) is 10.7. The molecule has 6 aromatic rings. The van der Waals surface area contributed by atoms with Gasteiger partial charge < -0.3 is 5.32 Å². The van der Waals surface area contributed by atoms with E-state index in [1.165, 1.54) is 19.2 Å². The highest BCUT2D eigenvalue weighted by Gasteiger charge is 2.67. The molecular weight excluding hydrogens is 816 g/mol. The molecule has 0 bridgehead atoms. The number of alkyl halides is 4. The standard InChI is InChI=1S/C35H25ClF8N8O4S/c1-50-29-22(6-3-18(36)25(29)32(48-50)49-57(2,55)56)52-33(46-27-20(40)5-4-19(39)26(27)34(52)54)21(9-13-7-14(37)10-15(38)8-13)45-23(53)12-51-30-24(28(47-51)31(41)42)16-11-17(16)35(30,43)44/h3-8,10,16-17,21,31H,9,11-12H2,1-2H3,(H,45,53)(H,48,49)/t16-,17+,21?/m0/s1. The molecule has 1 unspecified atom stereocenters. The minimum atomic E-state index is -3.98. The van der Waals surface area contributed by atoms with Gasteiger partial charge in [0.1, 0.15) is 57.9 Å². The summed E-state index contributed by atoms with van der Waals surface area (Å²) in [4.78, 5) is 32.6. The first-order valence-corrected chi connectivity index (χ1v) is 19.1. The fraction of sp³-hybridized carbons (Fsp3) is 0.286. The fourth-order valence-corrected chi connectivity index (χ4v) is 8.35. The number of amides is 1. The molecule has 57 heavy (non-hydrogen) atoms. The first kappa shape index (κ1) is 38.3. The van der Waals surface area contributed by atoms with E-state index in [9.17, 15) is 35.6 Å². The number of carbonyl (C=O) groups excluding carboxylic acids is 1. The largest absolute Gasteiger partial charge is 0.344 e. The number of nitrogens with zero attached hydrogens (tertiary/aromatic N) is 6. The predicted octanol–water partition coefficient (Wildman–Crippen LogP) is 6.30. The van der Waals surface area contributed by atoms with Crippen molar-refractivity contribution in [3.8, 4) is 5.69 Å². The second kappa shape index (κ2) is 13.3. The van der Waals surface area contributed by atoms with Gasteiger partial charge in [-0.25, -0.2) is 39.7 Å². The number of nitrogens with one attached hydrogen (secondary N) is 2. The molecule has 0 radical (unpaired) electrons. The van der Waals surface area contributed by atoms with Crippen molar-refractivity contribution in [3.63, 3.8) is 0 Å². The molecule has 3 aromatic heterocycles. The number of hydrogen-bond acceptors (Lipinski definition) is 7. The maximum atomic E-state index is 15.4. The van der Waals surface area contributed by atoms with Gasteiger partial charge in [-0.05, 0) is 54.3 Å². The highest BCUT2D eigenvalue weighted by atomic mass is 35.5. The van der Waals surface area contributed by atoms with Gasteiger partial charge in [0.25, 0.3) is 17.9 Å². The Hall–Kier alpha value is -5.57. The average molecular weight is 841 g/mol. The smallest absolute Gasteiger partial charge is 0.293 e. The second-order valence-corrected chi connectivity index (χ2v) is 15.9. The van der Waals surface area contributed by atoms with Gasteiger partial charge in [0, 0.05) is 31.0 Å². The molecule has 3 aromatic carbocycles. The summed E-state index contributed by atoms with van der Waals surface area (Å²) >= 11 is 6.49. The summed E-state index contributed by atoms with van der Waals surface area (Å²) in [6, 6.07) is 4.27. The third kappa shape index (κ3) is 6.45. The number of anilines is 1. The molecule has 8 rings (SSSR count). The zero-order valence-corrected chi connectivity index (χ0v) is 30.7. The maximum absolute atomic E-state index is 15.4. The van der Waals surface area contributed by atoms with E-state index in [4.69, 9.17) is 11.6 Å². The SMILES string of the molecule is Cn1nc(NS(C)(=O)=O)c2c(Cl)ccc(-n3c(C(Cc4cc(F)cc(F)c4)NC(=O)Cn4nc(C(F)F)c5c4C(F)(F)[C@@H]4C[C@H]54)nc4c(F)ccc(F)c4c3=O)c21. The van der Waals surface area contributed by atoms with Gasteiger partial charge in [0.05, 0.1) is 33.9 Å². The number of benzene rings is 3. The van der Waals surface area contributed by atoms with Gasteiger partial charge in [-0.2, -0.15) is 19.0 Å². The molecule has 12 nitrogen and oxygen atoms in total. The van der Waals surface area contributed by atoms with Crippen molar-refractivity contribution < 1.29 is 48.3 Å². The molecule has 0 aliphatic heterocycles. The van der Waals surface area contributed by atoms with Crippen LogP contribution < -0.4 is 15.6 Å². The van der Waals surface area contributed by atoms with E-state index in [1.54, 1.807) is 0 Å². The van der Waals surface area contributed by atoms with Crippen LogP contribution >= 0.6 is 11.6 Å². The van der Waals surface area contributed by atoms with Gasteiger partial charge in [-0.15, -0.1) is 0 Å². The lowest BCUT2D eigenvalue weighted by atomic mass is 10.0.